The van der Waals surface area contributed by atoms with E-state index in [4.69, 9.17) is 15.2 Å². The number of carbonyl (C=O) groups excluding carboxylic acids is 1. The van der Waals surface area contributed by atoms with Gasteiger partial charge in [0.05, 0.1) is 13.0 Å². The van der Waals surface area contributed by atoms with Gasteiger partial charge in [0, 0.05) is 6.04 Å². The molecule has 23 heavy (non-hydrogen) atoms. The first-order valence-corrected chi connectivity index (χ1v) is 7.37. The molecule has 0 aliphatic carbocycles. The van der Waals surface area contributed by atoms with Crippen molar-refractivity contribution in [3.8, 4) is 5.75 Å². The number of ether oxygens (including phenoxy) is 2. The number of hydrogen-bond acceptors (Lipinski definition) is 4. The summed E-state index contributed by atoms with van der Waals surface area (Å²) in [5.41, 5.74) is 8.00. The summed E-state index contributed by atoms with van der Waals surface area (Å²) in [7, 11) is 0. The molecule has 2 aromatic carbocycles. The Kier molecular flexibility index (Phi) is 8.16. The van der Waals surface area contributed by atoms with Crippen molar-refractivity contribution in [3.63, 3.8) is 0 Å². The molecule has 2 N–H and O–H groups in total. The summed E-state index contributed by atoms with van der Waals surface area (Å²) in [5, 5.41) is 0. The minimum absolute atomic E-state index is 0. The topological polar surface area (TPSA) is 61.5 Å². The number of halogens is 1. The van der Waals surface area contributed by atoms with Crippen molar-refractivity contribution in [1.29, 1.82) is 0 Å². The summed E-state index contributed by atoms with van der Waals surface area (Å²) >= 11 is 0. The molecule has 0 aliphatic heterocycles. The molecular weight excluding hydrogens is 314 g/mol. The Hall–Kier alpha value is -2.04. The quantitative estimate of drug-likeness (QED) is 0.785. The number of nitrogens with two attached hydrogens (primary N) is 1. The third kappa shape index (κ3) is 6.30. The first-order chi connectivity index (χ1) is 10.7. The molecule has 0 radical (unpaired) electrons. The second-order valence-corrected chi connectivity index (χ2v) is 4.96. The minimum atomic E-state index is -0.359. The average Bonchev–Trinajstić information content (AvgIpc) is 2.54. The Morgan fingerprint density at radius 3 is 2.35 bits per heavy atom. The molecule has 0 unspecified atom stereocenters. The average molecular weight is 336 g/mol. The van der Waals surface area contributed by atoms with Gasteiger partial charge in [-0.1, -0.05) is 42.5 Å². The van der Waals surface area contributed by atoms with Crippen molar-refractivity contribution in [2.45, 2.75) is 26.0 Å². The highest BCUT2D eigenvalue weighted by Gasteiger charge is 2.12. The monoisotopic (exact) mass is 335 g/mol. The second kappa shape index (κ2) is 9.87. The Morgan fingerprint density at radius 2 is 1.74 bits per heavy atom. The third-order valence-electron chi connectivity index (χ3n) is 3.25. The van der Waals surface area contributed by atoms with Gasteiger partial charge in [-0.05, 0) is 30.2 Å². The highest BCUT2D eigenvalue weighted by atomic mass is 35.5. The maximum absolute atomic E-state index is 11.4. The summed E-state index contributed by atoms with van der Waals surface area (Å²) in [6, 6.07) is 17.1. The van der Waals surface area contributed by atoms with Crippen LogP contribution in [0.5, 0.6) is 5.75 Å². The molecule has 1 atom stereocenters. The molecule has 0 bridgehead atoms. The van der Waals surface area contributed by atoms with Crippen molar-refractivity contribution < 1.29 is 14.3 Å². The minimum Gasteiger partial charge on any atom is -0.489 e. The SMILES string of the molecule is CCOC(=O)C[C@H](N)c1ccc(OCc2ccccc2)cc1.Cl. The van der Waals surface area contributed by atoms with Crippen molar-refractivity contribution in [2.75, 3.05) is 6.61 Å². The largest absolute Gasteiger partial charge is 0.489 e. The molecule has 2 rings (SSSR count). The van der Waals surface area contributed by atoms with Crippen molar-refractivity contribution in [3.05, 3.63) is 65.7 Å². The molecule has 0 spiro atoms. The van der Waals surface area contributed by atoms with Crippen LogP contribution in [0.4, 0.5) is 0 Å². The van der Waals surface area contributed by atoms with E-state index >= 15 is 0 Å². The molecular formula is C18H22ClNO3. The number of hydrogen-bond donors (Lipinski definition) is 1. The first-order valence-electron chi connectivity index (χ1n) is 7.37. The molecule has 4 nitrogen and oxygen atoms in total. The van der Waals surface area contributed by atoms with Crippen LogP contribution >= 0.6 is 12.4 Å². The van der Waals surface area contributed by atoms with Gasteiger partial charge in [-0.25, -0.2) is 0 Å². The number of rotatable bonds is 7. The summed E-state index contributed by atoms with van der Waals surface area (Å²) in [6.45, 7) is 2.68. The molecule has 0 aromatic heterocycles. The van der Waals surface area contributed by atoms with Crippen LogP contribution in [0, 0.1) is 0 Å². The van der Waals surface area contributed by atoms with Gasteiger partial charge in [-0.2, -0.15) is 0 Å². The Morgan fingerprint density at radius 1 is 1.09 bits per heavy atom. The van der Waals surface area contributed by atoms with Crippen molar-refractivity contribution >= 4 is 18.4 Å². The van der Waals surface area contributed by atoms with E-state index in [-0.39, 0.29) is 30.8 Å². The first kappa shape index (κ1) is 19.0. The number of benzene rings is 2. The van der Waals surface area contributed by atoms with E-state index in [2.05, 4.69) is 0 Å². The molecule has 5 heteroatoms. The van der Waals surface area contributed by atoms with Crippen LogP contribution in [-0.4, -0.2) is 12.6 Å². The van der Waals surface area contributed by atoms with Crippen LogP contribution in [0.1, 0.15) is 30.5 Å². The van der Waals surface area contributed by atoms with Gasteiger partial charge in [0.2, 0.25) is 0 Å². The zero-order valence-electron chi connectivity index (χ0n) is 13.1. The van der Waals surface area contributed by atoms with Gasteiger partial charge >= 0.3 is 5.97 Å². The Bertz CT molecular complexity index is 587. The Labute approximate surface area is 143 Å². The van der Waals surface area contributed by atoms with E-state index in [1.807, 2.05) is 54.6 Å². The lowest BCUT2D eigenvalue weighted by molar-refractivity contribution is -0.143. The van der Waals surface area contributed by atoms with E-state index in [9.17, 15) is 4.79 Å². The van der Waals surface area contributed by atoms with Crippen LogP contribution in [0.2, 0.25) is 0 Å². The lowest BCUT2D eigenvalue weighted by atomic mass is 10.0. The van der Waals surface area contributed by atoms with Crippen LogP contribution in [0.15, 0.2) is 54.6 Å². The Balaban J connectivity index is 0.00000264. The van der Waals surface area contributed by atoms with E-state index in [1.165, 1.54) is 0 Å². The number of esters is 1. The third-order valence-corrected chi connectivity index (χ3v) is 3.25. The summed E-state index contributed by atoms with van der Waals surface area (Å²) in [5.74, 6) is 0.496. The van der Waals surface area contributed by atoms with Crippen LogP contribution in [0.3, 0.4) is 0 Å². The molecule has 124 valence electrons. The summed E-state index contributed by atoms with van der Waals surface area (Å²) in [4.78, 5) is 11.4. The maximum atomic E-state index is 11.4. The predicted octanol–water partition coefficient (Wildman–Crippen LogP) is 3.64. The standard InChI is InChI=1S/C18H21NO3.ClH/c1-2-21-18(20)12-17(19)15-8-10-16(11-9-15)22-13-14-6-4-3-5-7-14;/h3-11,17H,2,12-13,19H2,1H3;1H/t17-;/m0./s1. The van der Waals surface area contributed by atoms with Crippen LogP contribution < -0.4 is 10.5 Å². The summed E-state index contributed by atoms with van der Waals surface area (Å²) < 4.78 is 10.6. The zero-order valence-corrected chi connectivity index (χ0v) is 13.9. The van der Waals surface area contributed by atoms with Crippen molar-refractivity contribution in [2.24, 2.45) is 5.73 Å². The fourth-order valence-corrected chi connectivity index (χ4v) is 2.07. The van der Waals surface area contributed by atoms with Gasteiger partial charge in [-0.15, -0.1) is 12.4 Å². The normalized spacial score (nSPS) is 11.2. The molecule has 0 fully saturated rings. The van der Waals surface area contributed by atoms with Crippen LogP contribution in [0.25, 0.3) is 0 Å². The predicted molar refractivity (Wildman–Crippen MR) is 92.6 cm³/mol. The van der Waals surface area contributed by atoms with E-state index < -0.39 is 0 Å². The van der Waals surface area contributed by atoms with Gasteiger partial charge in [0.25, 0.3) is 0 Å². The van der Waals surface area contributed by atoms with Crippen molar-refractivity contribution in [1.82, 2.24) is 0 Å². The van der Waals surface area contributed by atoms with E-state index in [0.717, 1.165) is 16.9 Å². The molecule has 0 saturated carbocycles. The molecule has 0 amide bonds. The van der Waals surface area contributed by atoms with Gasteiger partial charge in [0.1, 0.15) is 12.4 Å². The molecule has 2 aromatic rings. The lowest BCUT2D eigenvalue weighted by Crippen LogP contribution is -2.17. The van der Waals surface area contributed by atoms with Gasteiger partial charge < -0.3 is 15.2 Å². The van der Waals surface area contributed by atoms with E-state index in [0.29, 0.717) is 13.2 Å². The summed E-state index contributed by atoms with van der Waals surface area (Å²) in [6.07, 6.45) is 0.179. The van der Waals surface area contributed by atoms with Crippen LogP contribution in [-0.2, 0) is 16.1 Å². The smallest absolute Gasteiger partial charge is 0.307 e. The highest BCUT2D eigenvalue weighted by Crippen LogP contribution is 2.19. The maximum Gasteiger partial charge on any atom is 0.307 e. The van der Waals surface area contributed by atoms with Gasteiger partial charge in [-0.3, -0.25) is 4.79 Å². The van der Waals surface area contributed by atoms with Gasteiger partial charge in [0.15, 0.2) is 0 Å². The lowest BCUT2D eigenvalue weighted by Gasteiger charge is -2.12. The fourth-order valence-electron chi connectivity index (χ4n) is 2.07. The highest BCUT2D eigenvalue weighted by molar-refractivity contribution is 5.85. The molecule has 0 aliphatic rings. The fraction of sp³-hybridized carbons (Fsp3) is 0.278. The second-order valence-electron chi connectivity index (χ2n) is 4.96. The molecule has 0 heterocycles. The number of carbonyl (C=O) groups is 1. The van der Waals surface area contributed by atoms with E-state index in [1.54, 1.807) is 6.92 Å². The zero-order chi connectivity index (χ0) is 15.8. The molecule has 0 saturated heterocycles.